The first-order valence-electron chi connectivity index (χ1n) is 8.24. The van der Waals surface area contributed by atoms with E-state index in [2.05, 4.69) is 20.8 Å². The number of aryl methyl sites for hydroxylation is 1. The first-order valence-corrected chi connectivity index (χ1v) is 10.0. The van der Waals surface area contributed by atoms with E-state index in [0.717, 1.165) is 20.7 Å². The molecule has 0 bridgehead atoms. The van der Waals surface area contributed by atoms with E-state index in [9.17, 15) is 4.79 Å². The molecule has 1 atom stereocenters. The van der Waals surface area contributed by atoms with E-state index in [4.69, 9.17) is 0 Å². The van der Waals surface area contributed by atoms with Crippen LogP contribution in [0.1, 0.15) is 24.1 Å². The molecule has 5 nitrogen and oxygen atoms in total. The highest BCUT2D eigenvalue weighted by Gasteiger charge is 2.12. The first kappa shape index (κ1) is 18.4. The van der Waals surface area contributed by atoms with Crippen molar-refractivity contribution in [3.8, 4) is 0 Å². The van der Waals surface area contributed by atoms with Crippen molar-refractivity contribution in [1.82, 2.24) is 15.5 Å². The Balaban J connectivity index is 1.49. The standard InChI is InChI=1S/C19H20N4OS2/c1-13-7-6-10-16(11-13)21-18-22-23-19(26-18)25-12-17(24)20-14(2)15-8-4-3-5-9-15/h3-11,14H,12H2,1-2H3,(H,20,24)(H,21,22). The van der Waals surface area contributed by atoms with Gasteiger partial charge < -0.3 is 10.6 Å². The summed E-state index contributed by atoms with van der Waals surface area (Å²) in [6, 6.07) is 18.0. The summed E-state index contributed by atoms with van der Waals surface area (Å²) in [6.45, 7) is 4.02. The van der Waals surface area contributed by atoms with Crippen LogP contribution in [0.25, 0.3) is 0 Å². The molecule has 26 heavy (non-hydrogen) atoms. The van der Waals surface area contributed by atoms with Gasteiger partial charge in [0.2, 0.25) is 11.0 Å². The highest BCUT2D eigenvalue weighted by Crippen LogP contribution is 2.27. The molecule has 3 aromatic rings. The lowest BCUT2D eigenvalue weighted by atomic mass is 10.1. The van der Waals surface area contributed by atoms with Gasteiger partial charge in [0, 0.05) is 5.69 Å². The summed E-state index contributed by atoms with van der Waals surface area (Å²) in [4.78, 5) is 12.1. The average Bonchev–Trinajstić information content (AvgIpc) is 3.08. The molecule has 2 N–H and O–H groups in total. The largest absolute Gasteiger partial charge is 0.349 e. The number of hydrogen-bond acceptors (Lipinski definition) is 6. The smallest absolute Gasteiger partial charge is 0.230 e. The molecule has 0 aliphatic carbocycles. The average molecular weight is 385 g/mol. The molecule has 0 fully saturated rings. The second-order valence-corrected chi connectivity index (χ2v) is 8.06. The van der Waals surface area contributed by atoms with Crippen LogP contribution in [0, 0.1) is 6.92 Å². The quantitative estimate of drug-likeness (QED) is 0.585. The van der Waals surface area contributed by atoms with Crippen LogP contribution in [0.4, 0.5) is 10.8 Å². The van der Waals surface area contributed by atoms with Crippen molar-refractivity contribution in [2.24, 2.45) is 0 Å². The highest BCUT2D eigenvalue weighted by molar-refractivity contribution is 8.01. The van der Waals surface area contributed by atoms with Gasteiger partial charge in [-0.2, -0.15) is 0 Å². The summed E-state index contributed by atoms with van der Waals surface area (Å²) in [5.41, 5.74) is 3.25. The minimum absolute atomic E-state index is 0.0164. The first-order chi connectivity index (χ1) is 12.6. The van der Waals surface area contributed by atoms with E-state index in [1.54, 1.807) is 0 Å². The number of nitrogens with one attached hydrogen (secondary N) is 2. The van der Waals surface area contributed by atoms with Crippen molar-refractivity contribution in [3.63, 3.8) is 0 Å². The van der Waals surface area contributed by atoms with Crippen LogP contribution in [0.5, 0.6) is 0 Å². The Morgan fingerprint density at radius 3 is 2.73 bits per heavy atom. The number of amides is 1. The molecule has 0 spiro atoms. The summed E-state index contributed by atoms with van der Waals surface area (Å²) < 4.78 is 0.766. The molecule has 0 saturated carbocycles. The molecule has 1 unspecified atom stereocenters. The number of rotatable bonds is 7. The summed E-state index contributed by atoms with van der Waals surface area (Å²) in [7, 11) is 0. The topological polar surface area (TPSA) is 66.9 Å². The lowest BCUT2D eigenvalue weighted by Gasteiger charge is -2.13. The van der Waals surface area contributed by atoms with Gasteiger partial charge in [-0.3, -0.25) is 4.79 Å². The van der Waals surface area contributed by atoms with Gasteiger partial charge in [-0.15, -0.1) is 10.2 Å². The molecular formula is C19H20N4OS2. The number of aromatic nitrogens is 2. The maximum Gasteiger partial charge on any atom is 0.230 e. The Bertz CT molecular complexity index is 867. The number of benzene rings is 2. The van der Waals surface area contributed by atoms with Crippen LogP contribution < -0.4 is 10.6 Å². The Kier molecular flexibility index (Phi) is 6.25. The Labute approximate surface area is 161 Å². The second kappa shape index (κ2) is 8.82. The maximum absolute atomic E-state index is 12.1. The van der Waals surface area contributed by atoms with E-state index in [-0.39, 0.29) is 11.9 Å². The fourth-order valence-electron chi connectivity index (χ4n) is 2.40. The van der Waals surface area contributed by atoms with Crippen molar-refractivity contribution >= 4 is 39.8 Å². The van der Waals surface area contributed by atoms with Crippen molar-refractivity contribution < 1.29 is 4.79 Å². The fraction of sp³-hybridized carbons (Fsp3) is 0.211. The predicted octanol–water partition coefficient (Wildman–Crippen LogP) is 4.56. The van der Waals surface area contributed by atoms with E-state index in [1.165, 1.54) is 28.7 Å². The molecule has 0 aliphatic rings. The van der Waals surface area contributed by atoms with Gasteiger partial charge in [-0.1, -0.05) is 65.6 Å². The van der Waals surface area contributed by atoms with Gasteiger partial charge in [0.1, 0.15) is 0 Å². The van der Waals surface area contributed by atoms with Crippen molar-refractivity contribution in [3.05, 3.63) is 65.7 Å². The summed E-state index contributed by atoms with van der Waals surface area (Å²) in [5.74, 6) is 0.297. The summed E-state index contributed by atoms with van der Waals surface area (Å²) in [5, 5.41) is 15.2. The number of thioether (sulfide) groups is 1. The molecule has 0 aliphatic heterocycles. The number of hydrogen-bond donors (Lipinski definition) is 2. The monoisotopic (exact) mass is 384 g/mol. The zero-order chi connectivity index (χ0) is 18.4. The Morgan fingerprint density at radius 1 is 1.15 bits per heavy atom. The molecular weight excluding hydrogens is 364 g/mol. The molecule has 134 valence electrons. The number of nitrogens with zero attached hydrogens (tertiary/aromatic N) is 2. The van der Waals surface area contributed by atoms with E-state index in [0.29, 0.717) is 5.75 Å². The van der Waals surface area contributed by atoms with Crippen LogP contribution in [-0.2, 0) is 4.79 Å². The van der Waals surface area contributed by atoms with Crippen molar-refractivity contribution in [1.29, 1.82) is 0 Å². The third-order valence-electron chi connectivity index (χ3n) is 3.68. The molecule has 3 rings (SSSR count). The van der Waals surface area contributed by atoms with Gasteiger partial charge in [0.25, 0.3) is 0 Å². The van der Waals surface area contributed by atoms with Gasteiger partial charge in [0.15, 0.2) is 4.34 Å². The van der Waals surface area contributed by atoms with Crippen LogP contribution in [0.15, 0.2) is 58.9 Å². The van der Waals surface area contributed by atoms with Crippen LogP contribution >= 0.6 is 23.1 Å². The Hall–Kier alpha value is -2.38. The van der Waals surface area contributed by atoms with Gasteiger partial charge in [0.05, 0.1) is 11.8 Å². The zero-order valence-electron chi connectivity index (χ0n) is 14.6. The minimum Gasteiger partial charge on any atom is -0.349 e. The lowest BCUT2D eigenvalue weighted by Crippen LogP contribution is -2.28. The molecule has 0 saturated heterocycles. The molecule has 1 aromatic heterocycles. The Morgan fingerprint density at radius 2 is 1.96 bits per heavy atom. The van der Waals surface area contributed by atoms with Crippen molar-refractivity contribution in [2.45, 2.75) is 24.2 Å². The molecule has 1 heterocycles. The normalized spacial score (nSPS) is 11.8. The molecule has 2 aromatic carbocycles. The molecule has 0 radical (unpaired) electrons. The maximum atomic E-state index is 12.1. The third kappa shape index (κ3) is 5.31. The molecule has 1 amide bonds. The van der Waals surface area contributed by atoms with Gasteiger partial charge >= 0.3 is 0 Å². The van der Waals surface area contributed by atoms with Crippen LogP contribution in [0.2, 0.25) is 0 Å². The van der Waals surface area contributed by atoms with Crippen molar-refractivity contribution in [2.75, 3.05) is 11.1 Å². The lowest BCUT2D eigenvalue weighted by molar-refractivity contribution is -0.119. The van der Waals surface area contributed by atoms with Crippen LogP contribution in [-0.4, -0.2) is 21.9 Å². The van der Waals surface area contributed by atoms with Gasteiger partial charge in [-0.25, -0.2) is 0 Å². The number of carbonyl (C=O) groups excluding carboxylic acids is 1. The minimum atomic E-state index is -0.0188. The van der Waals surface area contributed by atoms with E-state index < -0.39 is 0 Å². The third-order valence-corrected chi connectivity index (χ3v) is 5.65. The SMILES string of the molecule is Cc1cccc(Nc2nnc(SCC(=O)NC(C)c3ccccc3)s2)c1. The fourth-order valence-corrected chi connectivity index (χ4v) is 3.98. The predicted molar refractivity (Wildman–Crippen MR) is 108 cm³/mol. The summed E-state index contributed by atoms with van der Waals surface area (Å²) in [6.07, 6.45) is 0. The number of carbonyl (C=O) groups is 1. The van der Waals surface area contributed by atoms with Crippen LogP contribution in [0.3, 0.4) is 0 Å². The zero-order valence-corrected chi connectivity index (χ0v) is 16.2. The summed E-state index contributed by atoms with van der Waals surface area (Å²) >= 11 is 2.83. The highest BCUT2D eigenvalue weighted by atomic mass is 32.2. The molecule has 7 heteroatoms. The second-order valence-electron chi connectivity index (χ2n) is 5.86. The number of anilines is 2. The van der Waals surface area contributed by atoms with E-state index in [1.807, 2.05) is 68.4 Å². The van der Waals surface area contributed by atoms with Gasteiger partial charge in [-0.05, 0) is 37.1 Å². The van der Waals surface area contributed by atoms with E-state index >= 15 is 0 Å².